The van der Waals surface area contributed by atoms with Crippen LogP contribution < -0.4 is 5.32 Å². The van der Waals surface area contributed by atoms with Gasteiger partial charge in [-0.3, -0.25) is 0 Å². The second-order valence-electron chi connectivity index (χ2n) is 3.27. The van der Waals surface area contributed by atoms with Gasteiger partial charge < -0.3 is 10.4 Å². The highest BCUT2D eigenvalue weighted by atomic mass is 79.9. The second kappa shape index (κ2) is 5.16. The number of rotatable bonds is 3. The molecule has 0 saturated carbocycles. The van der Waals surface area contributed by atoms with Crippen molar-refractivity contribution in [1.29, 1.82) is 0 Å². The summed E-state index contributed by atoms with van der Waals surface area (Å²) in [4.78, 5) is 0. The van der Waals surface area contributed by atoms with Gasteiger partial charge in [0, 0.05) is 16.6 Å². The molecule has 0 spiro atoms. The normalized spacial score (nSPS) is 13.9. The summed E-state index contributed by atoms with van der Waals surface area (Å²) in [5.41, 5.74) is -0.950. The predicted molar refractivity (Wildman–Crippen MR) is 58.0 cm³/mol. The molecule has 2 N–H and O–H groups in total. The Morgan fingerprint density at radius 1 is 1.44 bits per heavy atom. The van der Waals surface area contributed by atoms with Crippen molar-refractivity contribution in [3.63, 3.8) is 0 Å². The van der Waals surface area contributed by atoms with Crippen LogP contribution in [0.25, 0.3) is 0 Å². The SMILES string of the molecule is CNCC(O)c1c(Br)cccc1C(F)(F)F. The fourth-order valence-electron chi connectivity index (χ4n) is 1.42. The van der Waals surface area contributed by atoms with Crippen molar-refractivity contribution in [2.45, 2.75) is 12.3 Å². The molecular weight excluding hydrogens is 287 g/mol. The van der Waals surface area contributed by atoms with Crippen molar-refractivity contribution in [3.8, 4) is 0 Å². The summed E-state index contributed by atoms with van der Waals surface area (Å²) in [6, 6.07) is 3.73. The van der Waals surface area contributed by atoms with Gasteiger partial charge in [0.25, 0.3) is 0 Å². The van der Waals surface area contributed by atoms with Crippen LogP contribution in [0, 0.1) is 0 Å². The number of likely N-dealkylation sites (N-methyl/N-ethyl adjacent to an activating group) is 1. The number of aliphatic hydroxyl groups is 1. The standard InChI is InChI=1S/C10H11BrF3NO/c1-15-5-8(16)9-6(10(12,13)14)3-2-4-7(9)11/h2-4,8,15-16H,5H2,1H3. The summed E-state index contributed by atoms with van der Waals surface area (Å²) in [5.74, 6) is 0. The fourth-order valence-corrected chi connectivity index (χ4v) is 2.05. The number of halogens is 4. The summed E-state index contributed by atoms with van der Waals surface area (Å²) in [6.45, 7) is 0.0612. The highest BCUT2D eigenvalue weighted by Crippen LogP contribution is 2.37. The molecule has 90 valence electrons. The maximum atomic E-state index is 12.7. The molecule has 0 bridgehead atoms. The Hall–Kier alpha value is -0.590. The van der Waals surface area contributed by atoms with E-state index in [9.17, 15) is 18.3 Å². The Labute approximate surface area is 99.6 Å². The third kappa shape index (κ3) is 2.96. The molecule has 1 aromatic rings. The van der Waals surface area contributed by atoms with Crippen LogP contribution >= 0.6 is 15.9 Å². The van der Waals surface area contributed by atoms with Crippen molar-refractivity contribution < 1.29 is 18.3 Å². The van der Waals surface area contributed by atoms with Gasteiger partial charge in [-0.15, -0.1) is 0 Å². The number of alkyl halides is 3. The third-order valence-corrected chi connectivity index (χ3v) is 2.78. The molecule has 0 aliphatic rings. The lowest BCUT2D eigenvalue weighted by molar-refractivity contribution is -0.139. The van der Waals surface area contributed by atoms with Crippen LogP contribution in [0.5, 0.6) is 0 Å². The van der Waals surface area contributed by atoms with Gasteiger partial charge >= 0.3 is 6.18 Å². The first-order chi connectivity index (χ1) is 7.38. The first kappa shape index (κ1) is 13.5. The second-order valence-corrected chi connectivity index (χ2v) is 4.13. The van der Waals surface area contributed by atoms with E-state index < -0.39 is 17.8 Å². The lowest BCUT2D eigenvalue weighted by atomic mass is 10.0. The monoisotopic (exact) mass is 297 g/mol. The van der Waals surface area contributed by atoms with Gasteiger partial charge in [-0.2, -0.15) is 13.2 Å². The molecule has 1 unspecified atom stereocenters. The van der Waals surface area contributed by atoms with E-state index in [2.05, 4.69) is 21.2 Å². The van der Waals surface area contributed by atoms with Gasteiger partial charge in [0.2, 0.25) is 0 Å². The van der Waals surface area contributed by atoms with Gasteiger partial charge in [0.1, 0.15) is 0 Å². The molecule has 0 aromatic heterocycles. The molecule has 0 aliphatic heterocycles. The summed E-state index contributed by atoms with van der Waals surface area (Å²) in [6.07, 6.45) is -5.66. The molecule has 1 aromatic carbocycles. The van der Waals surface area contributed by atoms with Crippen molar-refractivity contribution in [1.82, 2.24) is 5.32 Å². The zero-order valence-corrected chi connectivity index (χ0v) is 10.1. The van der Waals surface area contributed by atoms with Crippen LogP contribution in [0.1, 0.15) is 17.2 Å². The zero-order chi connectivity index (χ0) is 12.3. The van der Waals surface area contributed by atoms with Gasteiger partial charge in [-0.05, 0) is 19.2 Å². The molecule has 1 rings (SSSR count). The minimum absolute atomic E-state index is 0.0612. The molecule has 1 atom stereocenters. The number of nitrogens with one attached hydrogen (secondary N) is 1. The molecule has 2 nitrogen and oxygen atoms in total. The largest absolute Gasteiger partial charge is 0.416 e. The fraction of sp³-hybridized carbons (Fsp3) is 0.400. The minimum Gasteiger partial charge on any atom is -0.387 e. The van der Waals surface area contributed by atoms with Crippen LogP contribution in [-0.2, 0) is 6.18 Å². The smallest absolute Gasteiger partial charge is 0.387 e. The molecule has 0 amide bonds. The molecule has 0 saturated heterocycles. The Kier molecular flexibility index (Phi) is 4.35. The topological polar surface area (TPSA) is 32.3 Å². The number of hydrogen-bond acceptors (Lipinski definition) is 2. The molecule has 0 aliphatic carbocycles. The van der Waals surface area contributed by atoms with Gasteiger partial charge in [-0.1, -0.05) is 22.0 Å². The molecule has 0 heterocycles. The van der Waals surface area contributed by atoms with Gasteiger partial charge in [0.05, 0.1) is 11.7 Å². The summed E-state index contributed by atoms with van der Waals surface area (Å²) in [7, 11) is 1.56. The van der Waals surface area contributed by atoms with E-state index in [1.807, 2.05) is 0 Å². The van der Waals surface area contributed by atoms with E-state index in [1.165, 1.54) is 12.1 Å². The Morgan fingerprint density at radius 3 is 2.56 bits per heavy atom. The zero-order valence-electron chi connectivity index (χ0n) is 8.48. The highest BCUT2D eigenvalue weighted by molar-refractivity contribution is 9.10. The highest BCUT2D eigenvalue weighted by Gasteiger charge is 2.35. The summed E-state index contributed by atoms with van der Waals surface area (Å²) < 4.78 is 38.3. The maximum absolute atomic E-state index is 12.7. The van der Waals surface area contributed by atoms with Gasteiger partial charge in [0.15, 0.2) is 0 Å². The van der Waals surface area contributed by atoms with Crippen LogP contribution in [0.15, 0.2) is 22.7 Å². The van der Waals surface area contributed by atoms with E-state index in [-0.39, 0.29) is 16.6 Å². The van der Waals surface area contributed by atoms with E-state index >= 15 is 0 Å². The van der Waals surface area contributed by atoms with Crippen LogP contribution in [0.3, 0.4) is 0 Å². The lowest BCUT2D eigenvalue weighted by Crippen LogP contribution is -2.20. The number of hydrogen-bond donors (Lipinski definition) is 2. The van der Waals surface area contributed by atoms with Crippen LogP contribution in [-0.4, -0.2) is 18.7 Å². The first-order valence-corrected chi connectivity index (χ1v) is 5.35. The predicted octanol–water partition coefficient (Wildman–Crippen LogP) is 2.72. The summed E-state index contributed by atoms with van der Waals surface area (Å²) in [5, 5.41) is 12.3. The average Bonchev–Trinajstić information content (AvgIpc) is 2.16. The van der Waals surface area contributed by atoms with Crippen molar-refractivity contribution >= 4 is 15.9 Å². The molecule has 0 fully saturated rings. The summed E-state index contributed by atoms with van der Waals surface area (Å²) >= 11 is 3.02. The van der Waals surface area contributed by atoms with Crippen LogP contribution in [0.2, 0.25) is 0 Å². The van der Waals surface area contributed by atoms with Crippen molar-refractivity contribution in [2.24, 2.45) is 0 Å². The van der Waals surface area contributed by atoms with E-state index in [0.29, 0.717) is 0 Å². The average molecular weight is 298 g/mol. The quantitative estimate of drug-likeness (QED) is 0.899. The Morgan fingerprint density at radius 2 is 2.06 bits per heavy atom. The molecular formula is C10H11BrF3NO. The van der Waals surface area contributed by atoms with E-state index in [1.54, 1.807) is 7.05 Å². The number of benzene rings is 1. The Bertz CT molecular complexity index is 368. The first-order valence-electron chi connectivity index (χ1n) is 4.56. The molecule has 0 radical (unpaired) electrons. The minimum atomic E-state index is -4.46. The van der Waals surface area contributed by atoms with E-state index in [4.69, 9.17) is 0 Å². The van der Waals surface area contributed by atoms with Crippen molar-refractivity contribution in [3.05, 3.63) is 33.8 Å². The molecule has 6 heteroatoms. The van der Waals surface area contributed by atoms with Crippen LogP contribution in [0.4, 0.5) is 13.2 Å². The Balaban J connectivity index is 3.24. The maximum Gasteiger partial charge on any atom is 0.416 e. The molecule has 16 heavy (non-hydrogen) atoms. The van der Waals surface area contributed by atoms with E-state index in [0.717, 1.165) is 6.07 Å². The van der Waals surface area contributed by atoms with Crippen molar-refractivity contribution in [2.75, 3.05) is 13.6 Å². The third-order valence-electron chi connectivity index (χ3n) is 2.09. The van der Waals surface area contributed by atoms with Gasteiger partial charge in [-0.25, -0.2) is 0 Å². The number of aliphatic hydroxyl groups excluding tert-OH is 1. The lowest BCUT2D eigenvalue weighted by Gasteiger charge is -2.18.